The van der Waals surface area contributed by atoms with Gasteiger partial charge >= 0.3 is 0 Å². The normalized spacial score (nSPS) is 32.1. The number of nitrogens with zero attached hydrogens (tertiary/aromatic N) is 4. The predicted octanol–water partition coefficient (Wildman–Crippen LogP) is 2.75. The largest absolute Gasteiger partial charge is 0.454 e. The first kappa shape index (κ1) is 16.0. The molecule has 1 N–H and O–H groups in total. The fraction of sp³-hybridized carbons (Fsp3) is 0.455. The van der Waals surface area contributed by atoms with Crippen LogP contribution in [0.2, 0.25) is 0 Å². The smallest absolute Gasteiger partial charge is 0.231 e. The van der Waals surface area contributed by atoms with Crippen molar-refractivity contribution in [3.63, 3.8) is 0 Å². The van der Waals surface area contributed by atoms with Gasteiger partial charge in [0.15, 0.2) is 11.5 Å². The molecule has 7 heterocycles. The van der Waals surface area contributed by atoms with Crippen molar-refractivity contribution < 1.29 is 9.47 Å². The zero-order valence-corrected chi connectivity index (χ0v) is 16.1. The number of aromatic nitrogens is 3. The van der Waals surface area contributed by atoms with Gasteiger partial charge in [0, 0.05) is 30.7 Å². The second-order valence-electron chi connectivity index (χ2n) is 8.66. The van der Waals surface area contributed by atoms with E-state index in [0.717, 1.165) is 40.8 Å². The number of nitrogens with one attached hydrogen (secondary N) is 1. The van der Waals surface area contributed by atoms with Crippen molar-refractivity contribution in [1.29, 1.82) is 0 Å². The van der Waals surface area contributed by atoms with Crippen molar-refractivity contribution in [1.82, 2.24) is 19.9 Å². The Bertz CT molecular complexity index is 1090. The lowest BCUT2D eigenvalue weighted by molar-refractivity contribution is 0.0355. The van der Waals surface area contributed by atoms with E-state index in [4.69, 9.17) is 14.5 Å². The number of anilines is 1. The highest BCUT2D eigenvalue weighted by molar-refractivity contribution is 5.87. The average Bonchev–Trinajstić information content (AvgIpc) is 3.51. The fourth-order valence-corrected chi connectivity index (χ4v) is 6.19. The molecule has 5 aliphatic rings. The SMILES string of the molecule is c1nc(N2C[C@H](c3ccc4c(c3)OCO4)[C@H]3[C@@H]2C2CCN3CC2)c2cc[nH]c2n1. The molecule has 2 aromatic heterocycles. The molecule has 3 aromatic rings. The molecule has 5 aliphatic heterocycles. The second-order valence-corrected chi connectivity index (χ2v) is 8.66. The molecule has 29 heavy (non-hydrogen) atoms. The van der Waals surface area contributed by atoms with E-state index < -0.39 is 0 Å². The molecule has 0 radical (unpaired) electrons. The van der Waals surface area contributed by atoms with Gasteiger partial charge in [0.2, 0.25) is 6.79 Å². The number of H-pyrrole nitrogens is 1. The molecule has 3 atom stereocenters. The zero-order valence-electron chi connectivity index (χ0n) is 16.1. The van der Waals surface area contributed by atoms with Gasteiger partial charge < -0.3 is 19.4 Å². The highest BCUT2D eigenvalue weighted by Gasteiger charge is 2.54. The van der Waals surface area contributed by atoms with E-state index in [9.17, 15) is 0 Å². The average molecular weight is 389 g/mol. The number of benzene rings is 1. The van der Waals surface area contributed by atoms with Gasteiger partial charge in [-0.3, -0.25) is 4.90 Å². The minimum atomic E-state index is 0.322. The number of fused-ring (bicyclic) bond motifs is 4. The predicted molar refractivity (Wildman–Crippen MR) is 108 cm³/mol. The molecule has 4 saturated heterocycles. The van der Waals surface area contributed by atoms with Gasteiger partial charge in [0.05, 0.1) is 5.39 Å². The molecule has 0 spiro atoms. The van der Waals surface area contributed by atoms with Crippen LogP contribution in [0, 0.1) is 5.92 Å². The number of hydrogen-bond acceptors (Lipinski definition) is 6. The van der Waals surface area contributed by atoms with Crippen LogP contribution in [0.4, 0.5) is 5.82 Å². The van der Waals surface area contributed by atoms with E-state index in [2.05, 4.69) is 44.0 Å². The lowest BCUT2D eigenvalue weighted by Gasteiger charge is -2.51. The van der Waals surface area contributed by atoms with Crippen LogP contribution < -0.4 is 14.4 Å². The van der Waals surface area contributed by atoms with Crippen molar-refractivity contribution >= 4 is 16.9 Å². The highest BCUT2D eigenvalue weighted by Crippen LogP contribution is 2.49. The Morgan fingerprint density at radius 2 is 1.90 bits per heavy atom. The first-order valence-corrected chi connectivity index (χ1v) is 10.6. The summed E-state index contributed by atoms with van der Waals surface area (Å²) in [5.41, 5.74) is 2.26. The summed E-state index contributed by atoms with van der Waals surface area (Å²) in [6.07, 6.45) is 6.22. The third-order valence-electron chi connectivity index (χ3n) is 7.42. The molecule has 0 saturated carbocycles. The summed E-state index contributed by atoms with van der Waals surface area (Å²) >= 11 is 0. The van der Waals surface area contributed by atoms with Gasteiger partial charge in [-0.05, 0) is 55.6 Å². The summed E-state index contributed by atoms with van der Waals surface area (Å²) in [5.74, 6) is 3.97. The van der Waals surface area contributed by atoms with Gasteiger partial charge in [-0.2, -0.15) is 0 Å². The number of rotatable bonds is 2. The molecule has 2 bridgehead atoms. The van der Waals surface area contributed by atoms with Crippen molar-refractivity contribution in [2.75, 3.05) is 31.3 Å². The highest BCUT2D eigenvalue weighted by atomic mass is 16.7. The summed E-state index contributed by atoms with van der Waals surface area (Å²) in [6, 6.07) is 9.62. The summed E-state index contributed by atoms with van der Waals surface area (Å²) in [5, 5.41) is 1.12. The zero-order chi connectivity index (χ0) is 18.9. The standard InChI is InChI=1S/C22H23N5O2/c1-2-17-18(29-12-28-17)9-14(1)16-10-27(19-13-4-7-26(8-5-13)20(16)19)22-15-3-6-23-21(15)24-11-25-22/h1-3,6,9,11,13,16,19-20H,4-5,7-8,10,12H2,(H,23,24,25)/t16-,19+,20+/m1/s1. The quantitative estimate of drug-likeness (QED) is 0.727. The van der Waals surface area contributed by atoms with Gasteiger partial charge in [-0.25, -0.2) is 9.97 Å². The summed E-state index contributed by atoms with van der Waals surface area (Å²) in [4.78, 5) is 17.7. The van der Waals surface area contributed by atoms with Gasteiger partial charge in [0.1, 0.15) is 17.8 Å². The van der Waals surface area contributed by atoms with Crippen LogP contribution in [0.25, 0.3) is 11.0 Å². The first-order valence-electron chi connectivity index (χ1n) is 10.6. The van der Waals surface area contributed by atoms with E-state index in [1.54, 1.807) is 6.33 Å². The number of aromatic amines is 1. The Hall–Kier alpha value is -2.80. The van der Waals surface area contributed by atoms with Crippen LogP contribution in [0.5, 0.6) is 11.5 Å². The Balaban J connectivity index is 1.35. The molecule has 4 fully saturated rings. The summed E-state index contributed by atoms with van der Waals surface area (Å²) in [7, 11) is 0. The molecule has 1 aromatic carbocycles. The third-order valence-corrected chi connectivity index (χ3v) is 7.42. The van der Waals surface area contributed by atoms with Crippen molar-refractivity contribution in [3.05, 3.63) is 42.4 Å². The second kappa shape index (κ2) is 5.86. The molecular weight excluding hydrogens is 366 g/mol. The van der Waals surface area contributed by atoms with Crippen LogP contribution in [0.15, 0.2) is 36.8 Å². The van der Waals surface area contributed by atoms with Crippen LogP contribution in [0.3, 0.4) is 0 Å². The third kappa shape index (κ3) is 2.22. The molecule has 8 rings (SSSR count). The number of ether oxygens (including phenoxy) is 2. The number of hydrogen-bond donors (Lipinski definition) is 1. The lowest BCUT2D eigenvalue weighted by Crippen LogP contribution is -2.60. The summed E-state index contributed by atoms with van der Waals surface area (Å²) in [6.45, 7) is 3.72. The van der Waals surface area contributed by atoms with Gasteiger partial charge in [-0.1, -0.05) is 6.07 Å². The molecule has 7 nitrogen and oxygen atoms in total. The van der Waals surface area contributed by atoms with Crippen LogP contribution >= 0.6 is 0 Å². The minimum Gasteiger partial charge on any atom is -0.454 e. The summed E-state index contributed by atoms with van der Waals surface area (Å²) < 4.78 is 11.2. The Morgan fingerprint density at radius 3 is 2.83 bits per heavy atom. The topological polar surface area (TPSA) is 66.5 Å². The van der Waals surface area contributed by atoms with Crippen molar-refractivity contribution in [2.45, 2.75) is 30.8 Å². The fourth-order valence-electron chi connectivity index (χ4n) is 6.19. The Kier molecular flexibility index (Phi) is 3.24. The minimum absolute atomic E-state index is 0.322. The van der Waals surface area contributed by atoms with Crippen molar-refractivity contribution in [3.8, 4) is 11.5 Å². The van der Waals surface area contributed by atoms with E-state index in [0.29, 0.717) is 24.8 Å². The van der Waals surface area contributed by atoms with Crippen LogP contribution in [-0.4, -0.2) is 58.4 Å². The number of piperidine rings is 3. The van der Waals surface area contributed by atoms with E-state index in [1.807, 2.05) is 6.20 Å². The van der Waals surface area contributed by atoms with Gasteiger partial charge in [0.25, 0.3) is 0 Å². The lowest BCUT2D eigenvalue weighted by atomic mass is 9.75. The Labute approximate surface area is 168 Å². The monoisotopic (exact) mass is 389 g/mol. The Morgan fingerprint density at radius 1 is 1.00 bits per heavy atom. The van der Waals surface area contributed by atoms with E-state index in [1.165, 1.54) is 31.5 Å². The van der Waals surface area contributed by atoms with Crippen molar-refractivity contribution in [2.24, 2.45) is 5.92 Å². The molecule has 148 valence electrons. The molecule has 7 heteroatoms. The van der Waals surface area contributed by atoms with E-state index >= 15 is 0 Å². The van der Waals surface area contributed by atoms with Crippen LogP contribution in [-0.2, 0) is 0 Å². The first-order chi connectivity index (χ1) is 14.4. The molecular formula is C22H23N5O2. The molecule has 0 unspecified atom stereocenters. The maximum Gasteiger partial charge on any atom is 0.231 e. The van der Waals surface area contributed by atoms with Gasteiger partial charge in [-0.15, -0.1) is 0 Å². The van der Waals surface area contributed by atoms with Crippen LogP contribution in [0.1, 0.15) is 24.3 Å². The maximum absolute atomic E-state index is 5.68. The van der Waals surface area contributed by atoms with E-state index in [-0.39, 0.29) is 0 Å². The molecule has 0 aliphatic carbocycles. The molecule has 0 amide bonds. The maximum atomic E-state index is 5.68.